The van der Waals surface area contributed by atoms with Crippen LogP contribution in [0.5, 0.6) is 0 Å². The van der Waals surface area contributed by atoms with Gasteiger partial charge in [0.05, 0.1) is 11.0 Å². The van der Waals surface area contributed by atoms with Gasteiger partial charge in [-0.05, 0) is 101 Å². The zero-order valence-electron chi connectivity index (χ0n) is 30.3. The third-order valence-corrected chi connectivity index (χ3v) is 9.84. The van der Waals surface area contributed by atoms with Gasteiger partial charge in [0.25, 0.3) is 0 Å². The molecule has 0 bridgehead atoms. The van der Waals surface area contributed by atoms with Crippen molar-refractivity contribution < 1.29 is 6.85 Å². The second kappa shape index (κ2) is 10.0. The first kappa shape index (κ1) is 21.7. The number of hydrogen-bond acceptors (Lipinski definition) is 1. The van der Waals surface area contributed by atoms with Gasteiger partial charge >= 0.3 is 0 Å². The molecule has 1 heterocycles. The van der Waals surface area contributed by atoms with Crippen molar-refractivity contribution in [3.63, 3.8) is 0 Å². The number of aryl methyl sites for hydroxylation is 1. The second-order valence-electron chi connectivity index (χ2n) is 12.2. The Hall–Kier alpha value is -5.99. The third kappa shape index (κ3) is 3.70. The van der Waals surface area contributed by atoms with Crippen LogP contribution in [-0.2, 0) is 6.37 Å². The van der Waals surface area contributed by atoms with Gasteiger partial charge in [0.2, 0.25) is 0 Å². The van der Waals surface area contributed by atoms with Gasteiger partial charge in [0.1, 0.15) is 5.82 Å². The van der Waals surface area contributed by atoms with Gasteiger partial charge in [-0.1, -0.05) is 134 Å². The van der Waals surface area contributed by atoms with E-state index in [0.29, 0.717) is 16.7 Å². The molecule has 1 aliphatic carbocycles. The van der Waals surface area contributed by atoms with Gasteiger partial charge in [-0.2, -0.15) is 0 Å². The average molecular weight is 604 g/mol. The number of imidazole rings is 1. The fourth-order valence-corrected chi connectivity index (χ4v) is 7.90. The van der Waals surface area contributed by atoms with Crippen LogP contribution in [0.15, 0.2) is 152 Å². The Morgan fingerprint density at radius 3 is 1.77 bits per heavy atom. The summed E-state index contributed by atoms with van der Waals surface area (Å²) >= 11 is 0. The maximum Gasteiger partial charge on any atom is 0.114 e. The lowest BCUT2D eigenvalue weighted by atomic mass is 9.84. The van der Waals surface area contributed by atoms with Crippen molar-refractivity contribution >= 4 is 43.4 Å². The first-order chi connectivity index (χ1) is 25.2. The normalized spacial score (nSPS) is 14.2. The van der Waals surface area contributed by atoms with Crippen LogP contribution in [0.25, 0.3) is 93.5 Å². The second-order valence-corrected chi connectivity index (χ2v) is 12.2. The summed E-state index contributed by atoms with van der Waals surface area (Å²) in [5.74, 6) is -0.143. The predicted octanol–water partition coefficient (Wildman–Crippen LogP) is 12.0. The minimum atomic E-state index is -2.90. The van der Waals surface area contributed by atoms with E-state index in [2.05, 4.69) is 108 Å². The molecular formula is C45H30N2. The Morgan fingerprint density at radius 1 is 0.511 bits per heavy atom. The van der Waals surface area contributed by atoms with Crippen molar-refractivity contribution in [1.82, 2.24) is 9.55 Å². The molecule has 220 valence electrons. The van der Waals surface area contributed by atoms with Gasteiger partial charge in [-0.25, -0.2) is 4.98 Å². The van der Waals surface area contributed by atoms with E-state index in [1.807, 2.05) is 42.5 Å². The van der Waals surface area contributed by atoms with E-state index in [9.17, 15) is 0 Å². The smallest absolute Gasteiger partial charge is 0.114 e. The molecule has 1 aromatic heterocycles. The molecule has 1 aliphatic rings. The number of rotatable bonds is 4. The Morgan fingerprint density at radius 2 is 1.06 bits per heavy atom. The fourth-order valence-electron chi connectivity index (χ4n) is 7.90. The van der Waals surface area contributed by atoms with E-state index in [1.54, 1.807) is 10.6 Å². The number of fused-ring (bicyclic) bond motifs is 6. The maximum atomic E-state index is 8.62. The highest BCUT2D eigenvalue weighted by Gasteiger charge is 2.24. The number of aromatic nitrogens is 2. The molecule has 0 amide bonds. The molecule has 0 spiro atoms. The molecule has 0 fully saturated rings. The molecule has 2 nitrogen and oxygen atoms in total. The number of para-hydroxylation sites is 2. The van der Waals surface area contributed by atoms with Crippen LogP contribution in [0.1, 0.15) is 19.5 Å². The van der Waals surface area contributed by atoms with Crippen LogP contribution >= 0.6 is 0 Å². The van der Waals surface area contributed by atoms with Crippen molar-refractivity contribution in [2.75, 3.05) is 0 Å². The summed E-state index contributed by atoms with van der Waals surface area (Å²) < 4.78 is 42.8. The molecule has 8 aromatic carbocycles. The molecule has 10 rings (SSSR count). The van der Waals surface area contributed by atoms with Crippen LogP contribution in [0.4, 0.5) is 0 Å². The lowest BCUT2D eigenvalue weighted by Crippen LogP contribution is -2.00. The van der Waals surface area contributed by atoms with Crippen molar-refractivity contribution in [1.29, 1.82) is 0 Å². The molecule has 0 aliphatic heterocycles. The number of nitrogens with zero attached hydrogens (tertiary/aromatic N) is 2. The van der Waals surface area contributed by atoms with E-state index in [0.717, 1.165) is 32.7 Å². The molecule has 2 heteroatoms. The Balaban J connectivity index is 1.19. The topological polar surface area (TPSA) is 17.8 Å². The summed E-state index contributed by atoms with van der Waals surface area (Å²) in [5, 5.41) is 7.10. The molecule has 0 unspecified atom stereocenters. The van der Waals surface area contributed by atoms with Gasteiger partial charge in [0.15, 0.2) is 0 Å². The maximum absolute atomic E-state index is 8.62. The predicted molar refractivity (Wildman–Crippen MR) is 198 cm³/mol. The first-order valence-electron chi connectivity index (χ1n) is 18.4. The highest BCUT2D eigenvalue weighted by Crippen LogP contribution is 2.51. The van der Waals surface area contributed by atoms with E-state index in [1.165, 1.54) is 44.2 Å². The summed E-state index contributed by atoms with van der Waals surface area (Å²) in [5.41, 5.74) is 11.4. The Bertz CT molecular complexity index is 2830. The van der Waals surface area contributed by atoms with Crippen LogP contribution in [0, 0.1) is 0 Å². The lowest BCUT2D eigenvalue weighted by Gasteiger charge is -2.19. The Kier molecular flexibility index (Phi) is 4.62. The zero-order chi connectivity index (χ0) is 35.4. The minimum Gasteiger partial charge on any atom is -0.296 e. The molecule has 0 saturated carbocycles. The molecule has 9 aromatic rings. The molecule has 0 radical (unpaired) electrons. The highest BCUT2D eigenvalue weighted by molar-refractivity contribution is 6.26. The van der Waals surface area contributed by atoms with Gasteiger partial charge in [-0.3, -0.25) is 4.57 Å². The van der Waals surface area contributed by atoms with Crippen LogP contribution in [-0.4, -0.2) is 9.55 Å². The summed E-state index contributed by atoms with van der Waals surface area (Å²) in [4.78, 5) is 4.50. The van der Waals surface area contributed by atoms with E-state index < -0.39 is 13.2 Å². The van der Waals surface area contributed by atoms with Crippen LogP contribution in [0.2, 0.25) is 0 Å². The van der Waals surface area contributed by atoms with Crippen molar-refractivity contribution in [3.05, 3.63) is 157 Å². The summed E-state index contributed by atoms with van der Waals surface area (Å²) in [6.45, 7) is -2.90. The first-order valence-corrected chi connectivity index (χ1v) is 15.9. The van der Waals surface area contributed by atoms with Crippen molar-refractivity contribution in [3.8, 4) is 50.2 Å². The molecular weight excluding hydrogens is 569 g/mol. The highest BCUT2D eigenvalue weighted by atomic mass is 15.1. The monoisotopic (exact) mass is 603 g/mol. The Labute approximate surface area is 280 Å². The number of hydrogen-bond donors (Lipinski definition) is 0. The summed E-state index contributed by atoms with van der Waals surface area (Å²) in [6, 6.07) is 52.3. The van der Waals surface area contributed by atoms with Crippen molar-refractivity contribution in [2.45, 2.75) is 13.2 Å². The lowest BCUT2D eigenvalue weighted by molar-refractivity contribution is 0.908. The van der Waals surface area contributed by atoms with Crippen molar-refractivity contribution in [2.24, 2.45) is 0 Å². The third-order valence-electron chi connectivity index (χ3n) is 9.84. The summed E-state index contributed by atoms with van der Waals surface area (Å²) in [7, 11) is 0. The van der Waals surface area contributed by atoms with Crippen LogP contribution < -0.4 is 0 Å². The number of benzene rings is 8. The average Bonchev–Trinajstić information content (AvgIpc) is 3.72. The SMILES string of the molecule is [2H]C([2H])([2H])C([2H])([2H])c1nc2ccccc2n1-c1ccc(-c2c3ccccc3c(-c3ccc4c5c(cccc35)-c3ccccc3-4)c3ccccc23)cc1. The molecule has 0 atom stereocenters. The van der Waals surface area contributed by atoms with E-state index >= 15 is 0 Å². The zero-order valence-corrected chi connectivity index (χ0v) is 25.3. The quantitative estimate of drug-likeness (QED) is 0.183. The largest absolute Gasteiger partial charge is 0.296 e. The van der Waals surface area contributed by atoms with E-state index in [4.69, 9.17) is 6.85 Å². The summed E-state index contributed by atoms with van der Waals surface area (Å²) in [6.07, 6.45) is -2.67. The van der Waals surface area contributed by atoms with Gasteiger partial charge < -0.3 is 0 Å². The van der Waals surface area contributed by atoms with Gasteiger partial charge in [-0.15, -0.1) is 0 Å². The molecule has 47 heavy (non-hydrogen) atoms. The molecule has 0 saturated heterocycles. The van der Waals surface area contributed by atoms with Gasteiger partial charge in [0, 0.05) is 18.9 Å². The fraction of sp³-hybridized carbons (Fsp3) is 0.0444. The van der Waals surface area contributed by atoms with Crippen LogP contribution in [0.3, 0.4) is 0 Å². The standard InChI is InChI=1S/C45H30N2/c1-2-42-46-40-20-9-10-21-41(40)47(42)29-24-22-28(23-25-29)43-33-14-5-7-16-35(33)45(36-17-8-6-15-34(36)43)39-27-26-38-31-13-4-3-12-30(31)32-18-11-19-37(39)44(32)38/h3-27H,2H2,1H3/i1D3,2D2. The minimum absolute atomic E-state index is 0.143. The molecule has 0 N–H and O–H groups in total. The van der Waals surface area contributed by atoms with E-state index in [-0.39, 0.29) is 5.82 Å².